The van der Waals surface area contributed by atoms with Crippen LogP contribution in [-0.4, -0.2) is 48.9 Å². The van der Waals surface area contributed by atoms with Gasteiger partial charge in [0.2, 0.25) is 0 Å². The Bertz CT molecular complexity index is 297. The van der Waals surface area contributed by atoms with Gasteiger partial charge in [-0.15, -0.1) is 0 Å². The molecule has 0 aliphatic carbocycles. The Kier molecular flexibility index (Phi) is 2.03. The van der Waals surface area contributed by atoms with Crippen molar-refractivity contribution in [1.82, 2.24) is 0 Å². The average Bonchev–Trinajstić information content (AvgIpc) is 2.71. The van der Waals surface area contributed by atoms with Crippen molar-refractivity contribution in [3.8, 4) is 0 Å². The smallest absolute Gasteiger partial charge is 0.455 e. The van der Waals surface area contributed by atoms with Crippen molar-refractivity contribution in [2.45, 2.75) is 43.9 Å². The number of hydrogen-bond donors (Lipinski definition) is 1. The van der Waals surface area contributed by atoms with Crippen LogP contribution in [0.25, 0.3) is 0 Å². The molecule has 0 aromatic carbocycles. The van der Waals surface area contributed by atoms with Crippen LogP contribution in [0, 0.1) is 0 Å². The molecular weight excluding hydrogens is 203 g/mol. The molecule has 15 heavy (non-hydrogen) atoms. The summed E-state index contributed by atoms with van der Waals surface area (Å²) in [5, 5.41) is 9.68. The lowest BCUT2D eigenvalue weighted by Gasteiger charge is -2.30. The van der Waals surface area contributed by atoms with E-state index in [2.05, 4.69) is 0 Å². The molecule has 3 fully saturated rings. The van der Waals surface area contributed by atoms with Gasteiger partial charge in [0.15, 0.2) is 18.5 Å². The van der Waals surface area contributed by atoms with Crippen molar-refractivity contribution in [3.05, 3.63) is 0 Å². The zero-order valence-corrected chi connectivity index (χ0v) is 8.16. The van der Waals surface area contributed by atoms with Crippen LogP contribution in [0.3, 0.4) is 0 Å². The Hall–Kier alpha value is -0.625. The second-order valence-corrected chi connectivity index (χ2v) is 3.89. The molecule has 0 aromatic rings. The summed E-state index contributed by atoms with van der Waals surface area (Å²) in [6.45, 7) is 1.92. The Balaban J connectivity index is 1.83. The van der Waals surface area contributed by atoms with Gasteiger partial charge in [-0.25, -0.2) is 4.79 Å². The molecule has 3 aliphatic rings. The summed E-state index contributed by atoms with van der Waals surface area (Å²) < 4.78 is 21.2. The normalized spacial score (nSPS) is 48.0. The molecule has 0 radical (unpaired) electrons. The minimum Gasteiger partial charge on any atom is -0.455 e. The molecule has 3 rings (SSSR count). The highest BCUT2D eigenvalue weighted by atomic mass is 16.8. The standard InChI is InChI=1S/C8H11BO6/c1-2-9-14-6-4-3(10)5(7(11)12-4)13-8(6)15-9/h3-6,8,10H,2H2,1H3. The number of fused-ring (bicyclic) bond motifs is 4. The molecule has 0 spiro atoms. The number of rotatable bonds is 1. The maximum atomic E-state index is 11.2. The quantitative estimate of drug-likeness (QED) is 0.442. The molecule has 82 valence electrons. The summed E-state index contributed by atoms with van der Waals surface area (Å²) in [6, 6.07) is 0. The first-order valence-corrected chi connectivity index (χ1v) is 5.05. The number of aliphatic hydroxyl groups is 1. The number of aliphatic hydroxyl groups excluding tert-OH is 1. The van der Waals surface area contributed by atoms with E-state index in [1.54, 1.807) is 0 Å². The van der Waals surface area contributed by atoms with Crippen molar-refractivity contribution < 1.29 is 28.7 Å². The van der Waals surface area contributed by atoms with Gasteiger partial charge in [-0.05, 0) is 6.32 Å². The lowest BCUT2D eigenvalue weighted by Crippen LogP contribution is -2.51. The second-order valence-electron chi connectivity index (χ2n) is 3.89. The van der Waals surface area contributed by atoms with Crippen LogP contribution < -0.4 is 0 Å². The van der Waals surface area contributed by atoms with E-state index < -0.39 is 36.7 Å². The van der Waals surface area contributed by atoms with Crippen LogP contribution in [-0.2, 0) is 23.6 Å². The summed E-state index contributed by atoms with van der Waals surface area (Å²) in [5.74, 6) is -0.540. The Morgan fingerprint density at radius 1 is 1.40 bits per heavy atom. The number of esters is 1. The lowest BCUT2D eigenvalue weighted by molar-refractivity contribution is -0.196. The fourth-order valence-corrected chi connectivity index (χ4v) is 2.16. The molecule has 3 saturated heterocycles. The van der Waals surface area contributed by atoms with E-state index in [1.165, 1.54) is 0 Å². The largest absolute Gasteiger partial charge is 0.458 e. The first-order valence-electron chi connectivity index (χ1n) is 5.05. The molecule has 0 amide bonds. The maximum absolute atomic E-state index is 11.2. The van der Waals surface area contributed by atoms with Crippen LogP contribution >= 0.6 is 0 Å². The van der Waals surface area contributed by atoms with Crippen molar-refractivity contribution in [3.63, 3.8) is 0 Å². The van der Waals surface area contributed by atoms with Crippen molar-refractivity contribution in [1.29, 1.82) is 0 Å². The van der Waals surface area contributed by atoms with Gasteiger partial charge in [-0.3, -0.25) is 0 Å². The van der Waals surface area contributed by atoms with Gasteiger partial charge in [0.05, 0.1) is 0 Å². The highest BCUT2D eigenvalue weighted by Crippen LogP contribution is 2.37. The predicted octanol–water partition coefficient (Wildman–Crippen LogP) is -1.08. The van der Waals surface area contributed by atoms with Gasteiger partial charge in [-0.1, -0.05) is 6.92 Å². The number of carbonyl (C=O) groups excluding carboxylic acids is 1. The van der Waals surface area contributed by atoms with Crippen LogP contribution in [0.15, 0.2) is 0 Å². The van der Waals surface area contributed by atoms with Gasteiger partial charge in [0.25, 0.3) is 0 Å². The third kappa shape index (κ3) is 1.24. The second kappa shape index (κ2) is 3.18. The van der Waals surface area contributed by atoms with E-state index in [4.69, 9.17) is 18.8 Å². The van der Waals surface area contributed by atoms with Gasteiger partial charge < -0.3 is 23.9 Å². The molecular formula is C8H11BO6. The van der Waals surface area contributed by atoms with Crippen LogP contribution in [0.1, 0.15) is 6.92 Å². The fourth-order valence-electron chi connectivity index (χ4n) is 2.16. The van der Waals surface area contributed by atoms with E-state index in [-0.39, 0.29) is 7.12 Å². The third-order valence-corrected chi connectivity index (χ3v) is 2.93. The molecule has 5 unspecified atom stereocenters. The van der Waals surface area contributed by atoms with E-state index in [1.807, 2.05) is 6.92 Å². The number of carbonyl (C=O) groups is 1. The predicted molar refractivity (Wildman–Crippen MR) is 46.7 cm³/mol. The first kappa shape index (κ1) is 9.59. The average molecular weight is 214 g/mol. The molecule has 0 aromatic heterocycles. The number of hydrogen-bond acceptors (Lipinski definition) is 6. The molecule has 0 saturated carbocycles. The van der Waals surface area contributed by atoms with Gasteiger partial charge in [0.1, 0.15) is 12.2 Å². The van der Waals surface area contributed by atoms with E-state index in [0.717, 1.165) is 0 Å². The van der Waals surface area contributed by atoms with Gasteiger partial charge in [0, 0.05) is 0 Å². The Morgan fingerprint density at radius 3 is 2.93 bits per heavy atom. The van der Waals surface area contributed by atoms with Crippen molar-refractivity contribution in [2.24, 2.45) is 0 Å². The van der Waals surface area contributed by atoms with E-state index in [0.29, 0.717) is 6.32 Å². The lowest BCUT2D eigenvalue weighted by atomic mass is 9.87. The zero-order valence-electron chi connectivity index (χ0n) is 8.16. The highest BCUT2D eigenvalue weighted by molar-refractivity contribution is 6.45. The summed E-state index contributed by atoms with van der Waals surface area (Å²) in [4.78, 5) is 11.2. The topological polar surface area (TPSA) is 74.2 Å². The summed E-state index contributed by atoms with van der Waals surface area (Å²) in [6.07, 6.45) is -2.93. The fraction of sp³-hybridized carbons (Fsp3) is 0.875. The summed E-state index contributed by atoms with van der Waals surface area (Å²) >= 11 is 0. The van der Waals surface area contributed by atoms with Gasteiger partial charge >= 0.3 is 13.1 Å². The molecule has 5 atom stereocenters. The molecule has 1 N–H and O–H groups in total. The monoisotopic (exact) mass is 214 g/mol. The molecule has 3 aliphatic heterocycles. The van der Waals surface area contributed by atoms with Crippen LogP contribution in [0.5, 0.6) is 0 Å². The molecule has 6 nitrogen and oxygen atoms in total. The van der Waals surface area contributed by atoms with Crippen molar-refractivity contribution in [2.75, 3.05) is 0 Å². The minimum absolute atomic E-state index is 0.342. The number of ether oxygens (including phenoxy) is 2. The van der Waals surface area contributed by atoms with E-state index >= 15 is 0 Å². The molecule has 3 heterocycles. The summed E-state index contributed by atoms with van der Waals surface area (Å²) in [7, 11) is -0.342. The van der Waals surface area contributed by atoms with Crippen LogP contribution in [0.4, 0.5) is 0 Å². The van der Waals surface area contributed by atoms with Gasteiger partial charge in [-0.2, -0.15) is 0 Å². The summed E-state index contributed by atoms with van der Waals surface area (Å²) in [5.41, 5.74) is 0. The Morgan fingerprint density at radius 2 is 2.20 bits per heavy atom. The molecule has 7 heteroatoms. The zero-order chi connectivity index (χ0) is 10.6. The first-order chi connectivity index (χ1) is 7.20. The minimum atomic E-state index is -0.946. The van der Waals surface area contributed by atoms with Crippen molar-refractivity contribution >= 4 is 13.1 Å². The molecule has 2 bridgehead atoms. The SMILES string of the molecule is CCB1OC2OC3C(=O)OC(C3O)C2O1. The Labute approximate surface area is 86.6 Å². The highest BCUT2D eigenvalue weighted by Gasteiger charge is 2.60. The maximum Gasteiger partial charge on any atom is 0.458 e. The van der Waals surface area contributed by atoms with E-state index in [9.17, 15) is 9.90 Å². The third-order valence-electron chi connectivity index (χ3n) is 2.93. The van der Waals surface area contributed by atoms with Crippen LogP contribution in [0.2, 0.25) is 6.32 Å².